The van der Waals surface area contributed by atoms with E-state index >= 15 is 0 Å². The molecule has 0 radical (unpaired) electrons. The van der Waals surface area contributed by atoms with E-state index < -0.39 is 0 Å². The largest absolute Gasteiger partial charge is 0.307 e. The lowest BCUT2D eigenvalue weighted by Gasteiger charge is -2.35. The molecule has 0 bridgehead atoms. The van der Waals surface area contributed by atoms with Gasteiger partial charge in [0.25, 0.3) is 0 Å². The third kappa shape index (κ3) is 4.90. The summed E-state index contributed by atoms with van der Waals surface area (Å²) < 4.78 is 2.22. The van der Waals surface area contributed by atoms with Crippen molar-refractivity contribution in [2.75, 3.05) is 4.90 Å². The molecule has 1 atom stereocenters. The first-order valence-electron chi connectivity index (χ1n) is 18.0. The van der Waals surface area contributed by atoms with Crippen molar-refractivity contribution in [3.63, 3.8) is 0 Å². The maximum Gasteiger partial charge on any atom is 0.235 e. The van der Waals surface area contributed by atoms with Crippen LogP contribution in [-0.4, -0.2) is 14.5 Å². The van der Waals surface area contributed by atoms with E-state index in [0.717, 1.165) is 33.2 Å². The van der Waals surface area contributed by atoms with Crippen LogP contribution in [0.5, 0.6) is 0 Å². The van der Waals surface area contributed by atoms with Crippen LogP contribution in [0.4, 0.5) is 17.1 Å². The van der Waals surface area contributed by atoms with Crippen LogP contribution in [0.15, 0.2) is 186 Å². The number of hydrogen-bond donors (Lipinski definition) is 0. The second kappa shape index (κ2) is 12.4. The van der Waals surface area contributed by atoms with Gasteiger partial charge in [0.1, 0.15) is 0 Å². The fraction of sp³-hybridized carbons (Fsp3) is 0. The number of aromatic nitrogens is 3. The van der Waals surface area contributed by atoms with E-state index in [9.17, 15) is 0 Å². The molecular formula is C48H31N4PS. The van der Waals surface area contributed by atoms with Crippen LogP contribution in [0.1, 0.15) is 0 Å². The number of para-hydroxylation sites is 3. The minimum absolute atomic E-state index is 0.664. The topological polar surface area (TPSA) is 34.0 Å². The fourth-order valence-corrected chi connectivity index (χ4v) is 9.70. The SMILES string of the molecule is Pc1cccc2c1N(c1cccc3ccccc13)c1ccc(-c3ccc4c(c3)c3ccccc3n4-c3nc(-c4ccccc4)c4ccccc4n3)cc1S2. The van der Waals surface area contributed by atoms with Gasteiger partial charge >= 0.3 is 0 Å². The number of rotatable bonds is 4. The van der Waals surface area contributed by atoms with E-state index in [0.29, 0.717) is 5.95 Å². The van der Waals surface area contributed by atoms with Gasteiger partial charge in [0.2, 0.25) is 5.95 Å². The maximum absolute atomic E-state index is 5.26. The van der Waals surface area contributed by atoms with Crippen molar-refractivity contribution in [2.45, 2.75) is 9.79 Å². The van der Waals surface area contributed by atoms with Gasteiger partial charge in [-0.25, -0.2) is 9.97 Å². The summed E-state index contributed by atoms with van der Waals surface area (Å²) in [6, 6.07) is 62.8. The first-order valence-corrected chi connectivity index (χ1v) is 19.4. The molecule has 0 N–H and O–H groups in total. The number of benzene rings is 8. The normalized spacial score (nSPS) is 12.4. The Morgan fingerprint density at radius 3 is 2.07 bits per heavy atom. The molecule has 254 valence electrons. The Hall–Kier alpha value is -6.26. The molecule has 0 fully saturated rings. The second-order valence-electron chi connectivity index (χ2n) is 13.7. The molecule has 11 rings (SSSR count). The molecule has 1 aliphatic heterocycles. The van der Waals surface area contributed by atoms with Gasteiger partial charge in [-0.2, -0.15) is 0 Å². The van der Waals surface area contributed by atoms with Gasteiger partial charge in [-0.05, 0) is 70.3 Å². The molecule has 0 saturated heterocycles. The van der Waals surface area contributed by atoms with Gasteiger partial charge in [0.15, 0.2) is 0 Å². The van der Waals surface area contributed by atoms with E-state index in [1.165, 1.54) is 64.8 Å². The van der Waals surface area contributed by atoms with Crippen LogP contribution in [-0.2, 0) is 0 Å². The van der Waals surface area contributed by atoms with Gasteiger partial charge < -0.3 is 4.90 Å². The zero-order chi connectivity index (χ0) is 35.8. The molecule has 2 aromatic heterocycles. The van der Waals surface area contributed by atoms with Gasteiger partial charge in [0, 0.05) is 36.9 Å². The minimum Gasteiger partial charge on any atom is -0.307 e. The first kappa shape index (κ1) is 31.3. The van der Waals surface area contributed by atoms with Crippen molar-refractivity contribution >= 4 is 86.8 Å². The van der Waals surface area contributed by atoms with E-state index in [2.05, 4.69) is 182 Å². The lowest BCUT2D eigenvalue weighted by atomic mass is 10.0. The standard InChI is InChI=1S/C48H31N4PS/c53-43-22-11-23-44-47(43)51(39-21-10-15-30-12-4-5-16-34(30)39)42-27-25-33(29-45(42)54-44)32-24-26-41-37(28-32)35-17-7-9-20-40(35)52(41)48-49-38-19-8-6-18-36(38)46(50-48)31-13-2-1-3-14-31/h1-29H,53H2. The molecule has 0 saturated carbocycles. The molecule has 1 aliphatic rings. The molecule has 0 aliphatic carbocycles. The highest BCUT2D eigenvalue weighted by molar-refractivity contribution is 7.99. The van der Waals surface area contributed by atoms with Crippen LogP contribution in [0.3, 0.4) is 0 Å². The highest BCUT2D eigenvalue weighted by Gasteiger charge is 2.28. The monoisotopic (exact) mass is 726 g/mol. The lowest BCUT2D eigenvalue weighted by molar-refractivity contribution is 1.01. The molecular weight excluding hydrogens is 696 g/mol. The van der Waals surface area contributed by atoms with Crippen molar-refractivity contribution in [1.82, 2.24) is 14.5 Å². The number of nitrogens with zero attached hydrogens (tertiary/aromatic N) is 4. The highest BCUT2D eigenvalue weighted by Crippen LogP contribution is 2.53. The van der Waals surface area contributed by atoms with E-state index in [-0.39, 0.29) is 0 Å². The Bertz CT molecular complexity index is 3110. The van der Waals surface area contributed by atoms with Crippen molar-refractivity contribution in [1.29, 1.82) is 0 Å². The first-order chi connectivity index (χ1) is 26.7. The Morgan fingerprint density at radius 2 is 1.17 bits per heavy atom. The minimum atomic E-state index is 0.664. The Kier molecular flexibility index (Phi) is 7.19. The summed E-state index contributed by atoms with van der Waals surface area (Å²) in [5, 5.41) is 7.01. The Balaban J connectivity index is 1.08. The van der Waals surface area contributed by atoms with Gasteiger partial charge in [-0.1, -0.05) is 139 Å². The second-order valence-corrected chi connectivity index (χ2v) is 15.4. The van der Waals surface area contributed by atoms with Crippen LogP contribution < -0.4 is 10.2 Å². The number of hydrogen-bond acceptors (Lipinski definition) is 4. The van der Waals surface area contributed by atoms with Crippen LogP contribution in [0, 0.1) is 0 Å². The maximum atomic E-state index is 5.26. The zero-order valence-electron chi connectivity index (χ0n) is 29.0. The van der Waals surface area contributed by atoms with Crippen LogP contribution in [0.2, 0.25) is 0 Å². The zero-order valence-corrected chi connectivity index (χ0v) is 31.0. The fourth-order valence-electron chi connectivity index (χ4n) is 8.06. The molecule has 54 heavy (non-hydrogen) atoms. The molecule has 8 aromatic carbocycles. The van der Waals surface area contributed by atoms with Gasteiger partial charge in [0.05, 0.1) is 39.3 Å². The van der Waals surface area contributed by atoms with Crippen molar-refractivity contribution in [3.8, 4) is 28.3 Å². The summed E-state index contributed by atoms with van der Waals surface area (Å²) in [6.45, 7) is 0. The molecule has 1 unspecified atom stereocenters. The summed E-state index contributed by atoms with van der Waals surface area (Å²) in [5.74, 6) is 0.664. The predicted molar refractivity (Wildman–Crippen MR) is 230 cm³/mol. The molecule has 3 heterocycles. The predicted octanol–water partition coefficient (Wildman–Crippen LogP) is 12.6. The quantitative estimate of drug-likeness (QED) is 0.169. The highest BCUT2D eigenvalue weighted by atomic mass is 32.2. The third-order valence-corrected chi connectivity index (χ3v) is 12.1. The smallest absolute Gasteiger partial charge is 0.235 e. The average Bonchev–Trinajstić information content (AvgIpc) is 3.56. The van der Waals surface area contributed by atoms with Gasteiger partial charge in [-0.15, -0.1) is 9.24 Å². The summed E-state index contributed by atoms with van der Waals surface area (Å²) in [4.78, 5) is 15.3. The molecule has 4 nitrogen and oxygen atoms in total. The number of anilines is 3. The van der Waals surface area contributed by atoms with E-state index in [1.54, 1.807) is 0 Å². The molecule has 0 spiro atoms. The van der Waals surface area contributed by atoms with E-state index in [1.807, 2.05) is 23.9 Å². The lowest BCUT2D eigenvalue weighted by Crippen LogP contribution is -2.20. The summed E-state index contributed by atoms with van der Waals surface area (Å²) in [5.41, 5.74) is 11.0. The van der Waals surface area contributed by atoms with Crippen LogP contribution in [0.25, 0.3) is 71.8 Å². The van der Waals surface area contributed by atoms with Crippen LogP contribution >= 0.6 is 21.0 Å². The van der Waals surface area contributed by atoms with Gasteiger partial charge in [-0.3, -0.25) is 4.57 Å². The van der Waals surface area contributed by atoms with Crippen molar-refractivity contribution in [2.24, 2.45) is 0 Å². The molecule has 10 aromatic rings. The van der Waals surface area contributed by atoms with Crippen molar-refractivity contribution in [3.05, 3.63) is 176 Å². The van der Waals surface area contributed by atoms with E-state index in [4.69, 9.17) is 9.97 Å². The Morgan fingerprint density at radius 1 is 0.463 bits per heavy atom. The Labute approximate surface area is 319 Å². The van der Waals surface area contributed by atoms with Crippen molar-refractivity contribution < 1.29 is 0 Å². The molecule has 6 heteroatoms. The molecule has 0 amide bonds. The summed E-state index contributed by atoms with van der Waals surface area (Å²) in [6.07, 6.45) is 0. The third-order valence-electron chi connectivity index (χ3n) is 10.5. The summed E-state index contributed by atoms with van der Waals surface area (Å²) >= 11 is 1.84. The number of fused-ring (bicyclic) bond motifs is 7. The summed E-state index contributed by atoms with van der Waals surface area (Å²) in [7, 11) is 2.97. The average molecular weight is 727 g/mol.